The van der Waals surface area contributed by atoms with Gasteiger partial charge in [0.15, 0.2) is 4.60 Å². The molecule has 0 bridgehead atoms. The van der Waals surface area contributed by atoms with Gasteiger partial charge in [0.2, 0.25) is 0 Å². The lowest BCUT2D eigenvalue weighted by atomic mass is 10.1. The molecule has 1 atom stereocenters. The van der Waals surface area contributed by atoms with Crippen LogP contribution in [0.1, 0.15) is 22.2 Å². The lowest BCUT2D eigenvalue weighted by molar-refractivity contribution is 0.575. The summed E-state index contributed by atoms with van der Waals surface area (Å²) in [6, 6.07) is -0.226. The van der Waals surface area contributed by atoms with Gasteiger partial charge in [-0.15, -0.1) is 16.4 Å². The van der Waals surface area contributed by atoms with Crippen molar-refractivity contribution in [2.75, 3.05) is 0 Å². The van der Waals surface area contributed by atoms with Gasteiger partial charge in [0.1, 0.15) is 6.04 Å². The maximum atomic E-state index is 6.25. The number of aryl methyl sites for hydroxylation is 2. The maximum absolute atomic E-state index is 6.25. The van der Waals surface area contributed by atoms with E-state index in [1.807, 2.05) is 19.4 Å². The predicted molar refractivity (Wildman–Crippen MR) is 71.9 cm³/mol. The topological polar surface area (TPSA) is 68.8 Å². The summed E-state index contributed by atoms with van der Waals surface area (Å²) in [5.41, 5.74) is 4.64. The summed E-state index contributed by atoms with van der Waals surface area (Å²) in [7, 11) is 1.81. The summed E-state index contributed by atoms with van der Waals surface area (Å²) >= 11 is 11.2. The van der Waals surface area contributed by atoms with E-state index in [1.165, 1.54) is 0 Å². The number of hydrazine groups is 1. The van der Waals surface area contributed by atoms with Gasteiger partial charge in [-0.05, 0) is 33.8 Å². The van der Waals surface area contributed by atoms with Gasteiger partial charge in [-0.3, -0.25) is 5.84 Å². The van der Waals surface area contributed by atoms with Crippen molar-refractivity contribution in [3.05, 3.63) is 31.1 Å². The third-order valence-corrected chi connectivity index (χ3v) is 4.80. The Morgan fingerprint density at radius 2 is 2.35 bits per heavy atom. The van der Waals surface area contributed by atoms with Crippen LogP contribution in [0.15, 0.2) is 9.98 Å². The molecule has 8 heteroatoms. The highest BCUT2D eigenvalue weighted by molar-refractivity contribution is 9.10. The molecule has 0 aliphatic rings. The van der Waals surface area contributed by atoms with Gasteiger partial charge in [0.05, 0.1) is 10.7 Å². The lowest BCUT2D eigenvalue weighted by Crippen LogP contribution is -2.30. The maximum Gasteiger partial charge on any atom is 0.153 e. The summed E-state index contributed by atoms with van der Waals surface area (Å²) in [5.74, 6) is 5.62. The van der Waals surface area contributed by atoms with E-state index in [4.69, 9.17) is 17.4 Å². The molecule has 17 heavy (non-hydrogen) atoms. The van der Waals surface area contributed by atoms with Crippen molar-refractivity contribution < 1.29 is 0 Å². The Balaban J connectivity index is 2.51. The lowest BCUT2D eigenvalue weighted by Gasteiger charge is -2.15. The van der Waals surface area contributed by atoms with Crippen LogP contribution in [0.2, 0.25) is 5.02 Å². The Labute approximate surface area is 116 Å². The minimum absolute atomic E-state index is 0.226. The largest absolute Gasteiger partial charge is 0.270 e. The molecular weight excluding hydrogens is 326 g/mol. The molecule has 0 fully saturated rings. The highest BCUT2D eigenvalue weighted by Gasteiger charge is 2.24. The minimum Gasteiger partial charge on any atom is -0.270 e. The molecule has 0 saturated carbocycles. The third-order valence-electron chi connectivity index (χ3n) is 2.45. The summed E-state index contributed by atoms with van der Waals surface area (Å²) in [5, 5.41) is 10.6. The van der Waals surface area contributed by atoms with Crippen molar-refractivity contribution >= 4 is 38.9 Å². The molecule has 0 radical (unpaired) electrons. The SMILES string of the molecule is Cc1csc(C(NN)c2c(Br)nnn2C)c1Cl. The molecule has 2 aromatic rings. The van der Waals surface area contributed by atoms with Gasteiger partial charge in [-0.2, -0.15) is 0 Å². The first-order valence-electron chi connectivity index (χ1n) is 4.81. The second-order valence-corrected chi connectivity index (χ2v) is 5.63. The number of rotatable bonds is 3. The van der Waals surface area contributed by atoms with Gasteiger partial charge in [0.25, 0.3) is 0 Å². The number of hydrogen-bond acceptors (Lipinski definition) is 5. The number of nitrogens with one attached hydrogen (secondary N) is 1. The molecule has 0 aliphatic carbocycles. The monoisotopic (exact) mass is 335 g/mol. The fraction of sp³-hybridized carbons (Fsp3) is 0.333. The van der Waals surface area contributed by atoms with E-state index < -0.39 is 0 Å². The predicted octanol–water partition coefficient (Wildman–Crippen LogP) is 2.15. The Kier molecular flexibility index (Phi) is 3.84. The van der Waals surface area contributed by atoms with Crippen LogP contribution in [0, 0.1) is 6.92 Å². The van der Waals surface area contributed by atoms with Crippen LogP contribution in [-0.4, -0.2) is 15.0 Å². The van der Waals surface area contributed by atoms with Gasteiger partial charge < -0.3 is 0 Å². The summed E-state index contributed by atoms with van der Waals surface area (Å²) < 4.78 is 2.32. The number of hydrogen-bond donors (Lipinski definition) is 2. The van der Waals surface area contributed by atoms with Gasteiger partial charge >= 0.3 is 0 Å². The summed E-state index contributed by atoms with van der Waals surface area (Å²) in [4.78, 5) is 0.956. The van der Waals surface area contributed by atoms with Crippen LogP contribution in [0.5, 0.6) is 0 Å². The smallest absolute Gasteiger partial charge is 0.153 e. The molecule has 2 rings (SSSR count). The van der Waals surface area contributed by atoms with Crippen LogP contribution in [-0.2, 0) is 7.05 Å². The Hall–Kier alpha value is -0.470. The van der Waals surface area contributed by atoms with Crippen LogP contribution >= 0.6 is 38.9 Å². The first kappa shape index (κ1) is 13.0. The zero-order chi connectivity index (χ0) is 12.6. The van der Waals surface area contributed by atoms with Crippen LogP contribution in [0.25, 0.3) is 0 Å². The minimum atomic E-state index is -0.226. The average molecular weight is 337 g/mol. The van der Waals surface area contributed by atoms with E-state index in [-0.39, 0.29) is 6.04 Å². The Morgan fingerprint density at radius 3 is 2.76 bits per heavy atom. The Bertz CT molecular complexity index is 518. The zero-order valence-corrected chi connectivity index (χ0v) is 12.4. The van der Waals surface area contributed by atoms with Gasteiger partial charge in [-0.1, -0.05) is 16.8 Å². The fourth-order valence-electron chi connectivity index (χ4n) is 1.57. The first-order valence-corrected chi connectivity index (χ1v) is 6.86. The number of aromatic nitrogens is 3. The normalized spacial score (nSPS) is 13.0. The van der Waals surface area contributed by atoms with E-state index >= 15 is 0 Å². The van der Waals surface area contributed by atoms with Crippen molar-refractivity contribution in [3.8, 4) is 0 Å². The Morgan fingerprint density at radius 1 is 1.65 bits per heavy atom. The van der Waals surface area contributed by atoms with E-state index in [1.54, 1.807) is 16.0 Å². The molecular formula is C9H11BrClN5S. The second kappa shape index (κ2) is 5.03. The summed E-state index contributed by atoms with van der Waals surface area (Å²) in [6.45, 7) is 1.96. The van der Waals surface area contributed by atoms with E-state index in [2.05, 4.69) is 31.7 Å². The number of thiophene rings is 1. The van der Waals surface area contributed by atoms with Gasteiger partial charge in [-0.25, -0.2) is 10.1 Å². The molecule has 5 nitrogen and oxygen atoms in total. The van der Waals surface area contributed by atoms with E-state index in [0.717, 1.165) is 21.2 Å². The molecule has 0 saturated heterocycles. The van der Waals surface area contributed by atoms with Crippen molar-refractivity contribution in [1.82, 2.24) is 20.4 Å². The molecule has 0 spiro atoms. The number of nitrogens with two attached hydrogens (primary N) is 1. The number of halogens is 2. The molecule has 0 amide bonds. The van der Waals surface area contributed by atoms with E-state index in [0.29, 0.717) is 4.60 Å². The third kappa shape index (κ3) is 2.25. The van der Waals surface area contributed by atoms with Gasteiger partial charge in [0, 0.05) is 11.9 Å². The van der Waals surface area contributed by atoms with Crippen molar-refractivity contribution in [1.29, 1.82) is 0 Å². The molecule has 3 N–H and O–H groups in total. The highest BCUT2D eigenvalue weighted by atomic mass is 79.9. The summed E-state index contributed by atoms with van der Waals surface area (Å²) in [6.07, 6.45) is 0. The van der Waals surface area contributed by atoms with E-state index in [9.17, 15) is 0 Å². The zero-order valence-electron chi connectivity index (χ0n) is 9.24. The molecule has 0 aliphatic heterocycles. The van der Waals surface area contributed by atoms with Crippen LogP contribution in [0.4, 0.5) is 0 Å². The second-order valence-electron chi connectivity index (χ2n) is 3.59. The quantitative estimate of drug-likeness (QED) is 0.666. The van der Waals surface area contributed by atoms with Crippen molar-refractivity contribution in [3.63, 3.8) is 0 Å². The number of nitrogens with zero attached hydrogens (tertiary/aromatic N) is 3. The molecule has 0 aromatic carbocycles. The molecule has 2 aromatic heterocycles. The van der Waals surface area contributed by atoms with Crippen molar-refractivity contribution in [2.45, 2.75) is 13.0 Å². The first-order chi connectivity index (χ1) is 8.06. The average Bonchev–Trinajstić information content (AvgIpc) is 2.79. The van der Waals surface area contributed by atoms with Crippen LogP contribution in [0.3, 0.4) is 0 Å². The molecule has 2 heterocycles. The highest BCUT2D eigenvalue weighted by Crippen LogP contribution is 2.36. The standard InChI is InChI=1S/C9H11BrClN5S/c1-4-3-17-8(5(4)11)6(13-12)7-9(10)14-15-16(7)2/h3,6,13H,12H2,1-2H3. The molecule has 1 unspecified atom stereocenters. The molecule has 92 valence electrons. The van der Waals surface area contributed by atoms with Crippen molar-refractivity contribution in [2.24, 2.45) is 12.9 Å². The van der Waals surface area contributed by atoms with Crippen LogP contribution < -0.4 is 11.3 Å². The fourth-order valence-corrected chi connectivity index (χ4v) is 3.49.